The van der Waals surface area contributed by atoms with Crippen molar-refractivity contribution in [2.45, 2.75) is 17.9 Å². The van der Waals surface area contributed by atoms with Crippen molar-refractivity contribution in [3.8, 4) is 0 Å². The molecule has 1 aliphatic heterocycles. The van der Waals surface area contributed by atoms with E-state index in [-0.39, 0.29) is 17.3 Å². The Labute approximate surface area is 162 Å². The van der Waals surface area contributed by atoms with Crippen LogP contribution in [0.4, 0.5) is 4.39 Å². The minimum atomic E-state index is -3.83. The number of halogens is 1. The number of carbonyl (C=O) groups is 1. The van der Waals surface area contributed by atoms with Gasteiger partial charge in [0.15, 0.2) is 0 Å². The molecule has 3 aromatic rings. The van der Waals surface area contributed by atoms with E-state index in [1.165, 1.54) is 28.7 Å². The highest BCUT2D eigenvalue weighted by atomic mass is 32.2. The molecule has 1 aliphatic rings. The summed E-state index contributed by atoms with van der Waals surface area (Å²) >= 11 is 0. The molecule has 1 fully saturated rings. The first-order chi connectivity index (χ1) is 13.4. The molecule has 0 aliphatic carbocycles. The van der Waals surface area contributed by atoms with Gasteiger partial charge in [-0.3, -0.25) is 4.79 Å². The zero-order chi connectivity index (χ0) is 19.9. The molecule has 1 amide bonds. The second kappa shape index (κ2) is 7.03. The SMILES string of the molecule is CC1CN(C(=O)c2ccccc2)CCN1S(=O)(=O)c1c[nH]c2ccc(F)cc12. The summed E-state index contributed by atoms with van der Waals surface area (Å²) in [6.07, 6.45) is 1.40. The van der Waals surface area contributed by atoms with Crippen molar-refractivity contribution < 1.29 is 17.6 Å². The molecular weight excluding hydrogens is 381 g/mol. The summed E-state index contributed by atoms with van der Waals surface area (Å²) < 4.78 is 41.4. The Morgan fingerprint density at radius 1 is 1.14 bits per heavy atom. The van der Waals surface area contributed by atoms with E-state index in [4.69, 9.17) is 0 Å². The molecule has 1 saturated heterocycles. The number of piperazine rings is 1. The number of benzene rings is 2. The maximum atomic E-state index is 13.6. The van der Waals surface area contributed by atoms with Crippen molar-refractivity contribution in [2.24, 2.45) is 0 Å². The van der Waals surface area contributed by atoms with Gasteiger partial charge in [0.25, 0.3) is 5.91 Å². The first-order valence-electron chi connectivity index (χ1n) is 9.01. The van der Waals surface area contributed by atoms with Gasteiger partial charge >= 0.3 is 0 Å². The van der Waals surface area contributed by atoms with Crippen LogP contribution in [-0.2, 0) is 10.0 Å². The van der Waals surface area contributed by atoms with Crippen LogP contribution in [0.25, 0.3) is 10.9 Å². The first-order valence-corrected chi connectivity index (χ1v) is 10.4. The van der Waals surface area contributed by atoms with Gasteiger partial charge in [-0.1, -0.05) is 18.2 Å². The van der Waals surface area contributed by atoms with Crippen LogP contribution in [0.3, 0.4) is 0 Å². The minimum absolute atomic E-state index is 0.0525. The molecule has 0 bridgehead atoms. The topological polar surface area (TPSA) is 73.5 Å². The van der Waals surface area contributed by atoms with E-state index >= 15 is 0 Å². The van der Waals surface area contributed by atoms with E-state index in [9.17, 15) is 17.6 Å². The molecule has 0 saturated carbocycles. The van der Waals surface area contributed by atoms with Crippen molar-refractivity contribution >= 4 is 26.8 Å². The van der Waals surface area contributed by atoms with E-state index in [0.717, 1.165) is 0 Å². The van der Waals surface area contributed by atoms with Gasteiger partial charge in [-0.15, -0.1) is 0 Å². The molecule has 0 spiro atoms. The number of aromatic amines is 1. The fraction of sp³-hybridized carbons (Fsp3) is 0.250. The summed E-state index contributed by atoms with van der Waals surface area (Å²) in [5, 5.41) is 0.329. The lowest BCUT2D eigenvalue weighted by Crippen LogP contribution is -2.55. The molecule has 1 atom stereocenters. The molecule has 0 radical (unpaired) electrons. The first kappa shape index (κ1) is 18.6. The van der Waals surface area contributed by atoms with E-state index < -0.39 is 21.9 Å². The van der Waals surface area contributed by atoms with Crippen LogP contribution in [0.5, 0.6) is 0 Å². The highest BCUT2D eigenvalue weighted by Crippen LogP contribution is 2.29. The molecule has 1 N–H and O–H groups in total. The summed E-state index contributed by atoms with van der Waals surface area (Å²) in [5.74, 6) is -0.603. The largest absolute Gasteiger partial charge is 0.360 e. The van der Waals surface area contributed by atoms with E-state index in [2.05, 4.69) is 4.98 Å². The number of fused-ring (bicyclic) bond motifs is 1. The summed E-state index contributed by atoms with van der Waals surface area (Å²) in [6.45, 7) is 2.55. The molecule has 146 valence electrons. The van der Waals surface area contributed by atoms with Crippen LogP contribution in [-0.4, -0.2) is 54.2 Å². The van der Waals surface area contributed by atoms with Crippen molar-refractivity contribution in [2.75, 3.05) is 19.6 Å². The zero-order valence-electron chi connectivity index (χ0n) is 15.3. The van der Waals surface area contributed by atoms with Crippen molar-refractivity contribution in [3.05, 3.63) is 66.1 Å². The highest BCUT2D eigenvalue weighted by molar-refractivity contribution is 7.89. The van der Waals surface area contributed by atoms with Crippen LogP contribution in [0, 0.1) is 5.82 Å². The number of carbonyl (C=O) groups excluding carboxylic acids is 1. The number of hydrogen-bond acceptors (Lipinski definition) is 3. The quantitative estimate of drug-likeness (QED) is 0.733. The van der Waals surface area contributed by atoms with Crippen molar-refractivity contribution in [1.29, 1.82) is 0 Å². The maximum absolute atomic E-state index is 13.6. The predicted octanol–water partition coefficient (Wildman–Crippen LogP) is 2.84. The van der Waals surface area contributed by atoms with Crippen LogP contribution in [0.2, 0.25) is 0 Å². The van der Waals surface area contributed by atoms with Gasteiger partial charge < -0.3 is 9.88 Å². The lowest BCUT2D eigenvalue weighted by atomic mass is 10.1. The third-order valence-corrected chi connectivity index (χ3v) is 7.12. The monoisotopic (exact) mass is 401 g/mol. The molecule has 28 heavy (non-hydrogen) atoms. The fourth-order valence-corrected chi connectivity index (χ4v) is 5.42. The van der Waals surface area contributed by atoms with Crippen LogP contribution < -0.4 is 0 Å². The van der Waals surface area contributed by atoms with Gasteiger partial charge in [0.05, 0.1) is 0 Å². The van der Waals surface area contributed by atoms with Crippen molar-refractivity contribution in [3.63, 3.8) is 0 Å². The van der Waals surface area contributed by atoms with Crippen LogP contribution in [0.15, 0.2) is 59.6 Å². The Morgan fingerprint density at radius 2 is 1.89 bits per heavy atom. The molecule has 1 aromatic heterocycles. The van der Waals surface area contributed by atoms with E-state index in [1.54, 1.807) is 36.1 Å². The minimum Gasteiger partial charge on any atom is -0.360 e. The molecule has 2 aromatic carbocycles. The summed E-state index contributed by atoms with van der Waals surface area (Å²) in [4.78, 5) is 17.3. The van der Waals surface area contributed by atoms with Gasteiger partial charge in [-0.05, 0) is 37.3 Å². The number of H-pyrrole nitrogens is 1. The number of rotatable bonds is 3. The van der Waals surface area contributed by atoms with Crippen molar-refractivity contribution in [1.82, 2.24) is 14.2 Å². The number of hydrogen-bond donors (Lipinski definition) is 1. The third-order valence-electron chi connectivity index (χ3n) is 5.07. The lowest BCUT2D eigenvalue weighted by molar-refractivity contribution is 0.0642. The fourth-order valence-electron chi connectivity index (χ4n) is 3.65. The van der Waals surface area contributed by atoms with Gasteiger partial charge in [0, 0.05) is 48.3 Å². The number of nitrogens with zero attached hydrogens (tertiary/aromatic N) is 2. The average molecular weight is 401 g/mol. The zero-order valence-corrected chi connectivity index (χ0v) is 16.1. The smallest absolute Gasteiger partial charge is 0.253 e. The predicted molar refractivity (Wildman–Crippen MR) is 104 cm³/mol. The number of aromatic nitrogens is 1. The Kier molecular flexibility index (Phi) is 4.68. The third kappa shape index (κ3) is 3.18. The highest BCUT2D eigenvalue weighted by Gasteiger charge is 2.36. The molecule has 6 nitrogen and oxygen atoms in total. The lowest BCUT2D eigenvalue weighted by Gasteiger charge is -2.38. The molecule has 2 heterocycles. The Bertz CT molecular complexity index is 1130. The molecular formula is C20H20FN3O3S. The molecule has 8 heteroatoms. The van der Waals surface area contributed by atoms with Gasteiger partial charge in [0.1, 0.15) is 10.7 Å². The van der Waals surface area contributed by atoms with Gasteiger partial charge in [-0.2, -0.15) is 4.31 Å². The van der Waals surface area contributed by atoms with Gasteiger partial charge in [0.2, 0.25) is 10.0 Å². The van der Waals surface area contributed by atoms with E-state index in [1.807, 2.05) is 6.07 Å². The van der Waals surface area contributed by atoms with Gasteiger partial charge in [-0.25, -0.2) is 12.8 Å². The normalized spacial score (nSPS) is 18.5. The Morgan fingerprint density at radius 3 is 2.61 bits per heavy atom. The van der Waals surface area contributed by atoms with Crippen LogP contribution >= 0.6 is 0 Å². The molecule has 4 rings (SSSR count). The number of nitrogens with one attached hydrogen (secondary N) is 1. The standard InChI is InChI=1S/C20H20FN3O3S/c1-14-13-23(20(25)15-5-3-2-4-6-15)9-10-24(14)28(26,27)19-12-22-18-8-7-16(21)11-17(18)19/h2-8,11-12,14,22H,9-10,13H2,1H3. The second-order valence-electron chi connectivity index (χ2n) is 6.92. The molecule has 1 unspecified atom stereocenters. The Balaban J connectivity index is 1.58. The summed E-state index contributed by atoms with van der Waals surface area (Å²) in [5.41, 5.74) is 1.14. The van der Waals surface area contributed by atoms with Crippen LogP contribution in [0.1, 0.15) is 17.3 Å². The van der Waals surface area contributed by atoms with E-state index in [0.29, 0.717) is 29.6 Å². The summed E-state index contributed by atoms with van der Waals surface area (Å²) in [6, 6.07) is 12.6. The summed E-state index contributed by atoms with van der Waals surface area (Å²) in [7, 11) is -3.83. The number of sulfonamides is 1. The Hall–Kier alpha value is -2.71. The average Bonchev–Trinajstić information content (AvgIpc) is 3.11. The number of amides is 1. The second-order valence-corrected chi connectivity index (χ2v) is 8.78. The maximum Gasteiger partial charge on any atom is 0.253 e.